The van der Waals surface area contributed by atoms with Crippen LogP contribution < -0.4 is 11.1 Å². The van der Waals surface area contributed by atoms with Crippen molar-refractivity contribution in [3.05, 3.63) is 35.4 Å². The number of carbonyl (C=O) groups excluding carboxylic acids is 2. The summed E-state index contributed by atoms with van der Waals surface area (Å²) in [6, 6.07) is 7.34. The van der Waals surface area contributed by atoms with Gasteiger partial charge in [-0.25, -0.2) is 0 Å². The number of nitrogens with two attached hydrogens (primary N) is 1. The number of aryl methyl sites for hydroxylation is 1. The lowest BCUT2D eigenvalue weighted by molar-refractivity contribution is -0.162. The molecule has 1 heterocycles. The molecule has 1 aliphatic rings. The number of carbonyl (C=O) groups is 2. The molecule has 2 atom stereocenters. The summed E-state index contributed by atoms with van der Waals surface area (Å²) in [7, 11) is 1.72. The molecule has 1 aliphatic heterocycles. The Kier molecular flexibility index (Phi) is 6.12. The molecule has 0 spiro atoms. The van der Waals surface area contributed by atoms with Gasteiger partial charge in [0.05, 0.1) is 6.04 Å². The van der Waals surface area contributed by atoms with E-state index in [4.69, 9.17) is 10.5 Å². The van der Waals surface area contributed by atoms with Gasteiger partial charge in [0.25, 0.3) is 5.91 Å². The molecule has 1 aromatic rings. The van der Waals surface area contributed by atoms with Crippen molar-refractivity contribution in [1.82, 2.24) is 10.2 Å². The Morgan fingerprint density at radius 1 is 1.39 bits per heavy atom. The number of benzene rings is 1. The van der Waals surface area contributed by atoms with Gasteiger partial charge in [-0.05, 0) is 37.4 Å². The van der Waals surface area contributed by atoms with Crippen molar-refractivity contribution in [3.8, 4) is 0 Å². The Hall–Kier alpha value is -1.92. The molecule has 0 saturated carbocycles. The standard InChI is InChI=1S/C17H25N3O3/c1-12-7-3-4-8-13(12)15-16(23-11-14(21)20(15)2)17(22)19-10-6-5-9-18/h3-4,7-8,15-16H,5-6,9-11,18H2,1-2H3,(H,19,22)/t15-,16+/m1/s1. The molecule has 0 aliphatic carbocycles. The Morgan fingerprint density at radius 3 is 2.83 bits per heavy atom. The van der Waals surface area contributed by atoms with Gasteiger partial charge in [-0.2, -0.15) is 0 Å². The normalized spacial score (nSPS) is 21.3. The van der Waals surface area contributed by atoms with Crippen molar-refractivity contribution in [2.45, 2.75) is 31.9 Å². The third kappa shape index (κ3) is 4.09. The number of unbranched alkanes of at least 4 members (excludes halogenated alkanes) is 1. The summed E-state index contributed by atoms with van der Waals surface area (Å²) in [5.74, 6) is -0.306. The number of ether oxygens (including phenoxy) is 1. The number of hydrogen-bond donors (Lipinski definition) is 2. The van der Waals surface area contributed by atoms with Crippen LogP contribution in [0.5, 0.6) is 0 Å². The molecule has 2 rings (SSSR count). The maximum Gasteiger partial charge on any atom is 0.251 e. The Morgan fingerprint density at radius 2 is 2.13 bits per heavy atom. The molecular weight excluding hydrogens is 294 g/mol. The van der Waals surface area contributed by atoms with Gasteiger partial charge in [0, 0.05) is 13.6 Å². The second-order valence-electron chi connectivity index (χ2n) is 5.82. The van der Waals surface area contributed by atoms with Crippen molar-refractivity contribution in [3.63, 3.8) is 0 Å². The van der Waals surface area contributed by atoms with E-state index in [0.717, 1.165) is 24.0 Å². The van der Waals surface area contributed by atoms with Gasteiger partial charge in [0.15, 0.2) is 6.10 Å². The highest BCUT2D eigenvalue weighted by molar-refractivity contribution is 5.86. The fourth-order valence-corrected chi connectivity index (χ4v) is 2.80. The number of hydrogen-bond acceptors (Lipinski definition) is 4. The quantitative estimate of drug-likeness (QED) is 0.758. The first-order chi connectivity index (χ1) is 11.1. The molecule has 0 radical (unpaired) electrons. The first kappa shape index (κ1) is 17.4. The number of nitrogens with one attached hydrogen (secondary N) is 1. The fourth-order valence-electron chi connectivity index (χ4n) is 2.80. The minimum atomic E-state index is -0.698. The van der Waals surface area contributed by atoms with E-state index in [0.29, 0.717) is 13.1 Å². The maximum atomic E-state index is 12.5. The van der Waals surface area contributed by atoms with Crippen LogP contribution >= 0.6 is 0 Å². The van der Waals surface area contributed by atoms with Crippen LogP contribution in [0.3, 0.4) is 0 Å². The molecular formula is C17H25N3O3. The molecule has 1 aromatic carbocycles. The van der Waals surface area contributed by atoms with E-state index in [-0.39, 0.29) is 18.4 Å². The molecule has 2 amide bonds. The Balaban J connectivity index is 2.17. The van der Waals surface area contributed by atoms with E-state index in [1.807, 2.05) is 31.2 Å². The monoisotopic (exact) mass is 319 g/mol. The zero-order chi connectivity index (χ0) is 16.8. The summed E-state index contributed by atoms with van der Waals surface area (Å²) >= 11 is 0. The highest BCUT2D eigenvalue weighted by Crippen LogP contribution is 2.31. The van der Waals surface area contributed by atoms with Crippen molar-refractivity contribution >= 4 is 11.8 Å². The highest BCUT2D eigenvalue weighted by Gasteiger charge is 2.40. The molecule has 6 nitrogen and oxygen atoms in total. The van der Waals surface area contributed by atoms with Crippen LogP contribution in [0.25, 0.3) is 0 Å². The first-order valence-corrected chi connectivity index (χ1v) is 7.97. The lowest BCUT2D eigenvalue weighted by Crippen LogP contribution is -2.53. The van der Waals surface area contributed by atoms with Gasteiger partial charge >= 0.3 is 0 Å². The smallest absolute Gasteiger partial charge is 0.251 e. The van der Waals surface area contributed by atoms with E-state index >= 15 is 0 Å². The molecule has 1 fully saturated rings. The predicted molar refractivity (Wildman–Crippen MR) is 87.7 cm³/mol. The number of rotatable bonds is 6. The van der Waals surface area contributed by atoms with Gasteiger partial charge in [0.2, 0.25) is 5.91 Å². The minimum absolute atomic E-state index is 0.0697. The second-order valence-corrected chi connectivity index (χ2v) is 5.82. The van der Waals surface area contributed by atoms with Crippen LogP contribution in [-0.2, 0) is 14.3 Å². The summed E-state index contributed by atoms with van der Waals surface area (Å²) in [6.07, 6.45) is 1.00. The van der Waals surface area contributed by atoms with Crippen LogP contribution in [0.2, 0.25) is 0 Å². The van der Waals surface area contributed by atoms with Gasteiger partial charge < -0.3 is 20.7 Å². The number of morpholine rings is 1. The summed E-state index contributed by atoms with van der Waals surface area (Å²) < 4.78 is 5.57. The van der Waals surface area contributed by atoms with Crippen molar-refractivity contribution in [1.29, 1.82) is 0 Å². The molecule has 23 heavy (non-hydrogen) atoms. The van der Waals surface area contributed by atoms with Gasteiger partial charge in [0.1, 0.15) is 6.61 Å². The summed E-state index contributed by atoms with van der Waals surface area (Å²) in [5.41, 5.74) is 7.42. The van der Waals surface area contributed by atoms with Crippen LogP contribution in [0.4, 0.5) is 0 Å². The lowest BCUT2D eigenvalue weighted by atomic mass is 9.94. The number of likely N-dealkylation sites (N-methyl/N-ethyl adjacent to an activating group) is 1. The molecule has 3 N–H and O–H groups in total. The average Bonchev–Trinajstić information content (AvgIpc) is 2.55. The summed E-state index contributed by atoms with van der Waals surface area (Å²) in [5, 5.41) is 2.88. The zero-order valence-corrected chi connectivity index (χ0v) is 13.7. The van der Waals surface area contributed by atoms with Crippen LogP contribution in [0.15, 0.2) is 24.3 Å². The zero-order valence-electron chi connectivity index (χ0n) is 13.7. The van der Waals surface area contributed by atoms with Crippen molar-refractivity contribution < 1.29 is 14.3 Å². The van der Waals surface area contributed by atoms with Gasteiger partial charge in [-0.1, -0.05) is 24.3 Å². The van der Waals surface area contributed by atoms with Gasteiger partial charge in [-0.15, -0.1) is 0 Å². The van der Waals surface area contributed by atoms with Gasteiger partial charge in [-0.3, -0.25) is 9.59 Å². The van der Waals surface area contributed by atoms with E-state index < -0.39 is 12.1 Å². The van der Waals surface area contributed by atoms with Crippen molar-refractivity contribution in [2.24, 2.45) is 5.73 Å². The number of amides is 2. The predicted octanol–water partition coefficient (Wildman–Crippen LogP) is 0.748. The topological polar surface area (TPSA) is 84.7 Å². The fraction of sp³-hybridized carbons (Fsp3) is 0.529. The Bertz CT molecular complexity index is 562. The molecule has 126 valence electrons. The second kappa shape index (κ2) is 8.08. The molecule has 0 bridgehead atoms. The first-order valence-electron chi connectivity index (χ1n) is 7.97. The van der Waals surface area contributed by atoms with Crippen LogP contribution in [0, 0.1) is 6.92 Å². The number of nitrogens with zero attached hydrogens (tertiary/aromatic N) is 1. The molecule has 1 saturated heterocycles. The summed E-state index contributed by atoms with van der Waals surface area (Å²) in [4.78, 5) is 26.1. The summed E-state index contributed by atoms with van der Waals surface area (Å²) in [6.45, 7) is 3.07. The Labute approximate surface area is 137 Å². The SMILES string of the molecule is Cc1ccccc1[C@@H]1[C@@H](C(=O)NCCCCN)OCC(=O)N1C. The molecule has 0 unspecified atom stereocenters. The van der Waals surface area contributed by atoms with E-state index in [9.17, 15) is 9.59 Å². The van der Waals surface area contributed by atoms with E-state index in [1.54, 1.807) is 11.9 Å². The van der Waals surface area contributed by atoms with Crippen LogP contribution in [-0.4, -0.2) is 49.6 Å². The molecule has 6 heteroatoms. The van der Waals surface area contributed by atoms with E-state index in [1.165, 1.54) is 0 Å². The maximum absolute atomic E-state index is 12.5. The van der Waals surface area contributed by atoms with Crippen LogP contribution in [0.1, 0.15) is 30.0 Å². The van der Waals surface area contributed by atoms with Crippen molar-refractivity contribution in [2.75, 3.05) is 26.7 Å². The highest BCUT2D eigenvalue weighted by atomic mass is 16.5. The third-order valence-electron chi connectivity index (χ3n) is 4.18. The largest absolute Gasteiger partial charge is 0.356 e. The third-order valence-corrected chi connectivity index (χ3v) is 4.18. The molecule has 0 aromatic heterocycles. The van der Waals surface area contributed by atoms with E-state index in [2.05, 4.69) is 5.32 Å². The average molecular weight is 319 g/mol. The lowest BCUT2D eigenvalue weighted by Gasteiger charge is -2.38. The minimum Gasteiger partial charge on any atom is -0.356 e.